The molecule has 0 aliphatic carbocycles. The van der Waals surface area contributed by atoms with Crippen LogP contribution in [0.3, 0.4) is 0 Å². The van der Waals surface area contributed by atoms with Crippen LogP contribution in [0.2, 0.25) is 0 Å². The predicted octanol–water partition coefficient (Wildman–Crippen LogP) is 2.18. The fourth-order valence-corrected chi connectivity index (χ4v) is 1.48. The lowest BCUT2D eigenvalue weighted by Crippen LogP contribution is -2.12. The fourth-order valence-electron chi connectivity index (χ4n) is 1.48. The zero-order chi connectivity index (χ0) is 12.3. The fraction of sp³-hybridized carbons (Fsp3) is 0.250. The first-order chi connectivity index (χ1) is 8.16. The highest BCUT2D eigenvalue weighted by molar-refractivity contribution is 6.02. The van der Waals surface area contributed by atoms with Gasteiger partial charge in [0.05, 0.1) is 6.20 Å². The number of nitrogens with one attached hydrogen (secondary N) is 2. The number of benzene rings is 1. The van der Waals surface area contributed by atoms with Crippen LogP contribution in [0, 0.1) is 0 Å². The van der Waals surface area contributed by atoms with Crippen LogP contribution in [0.5, 0.6) is 0 Å². The quantitative estimate of drug-likeness (QED) is 0.849. The normalized spacial score (nSPS) is 10.5. The van der Waals surface area contributed by atoms with Crippen LogP contribution in [-0.2, 0) is 0 Å². The number of rotatable bonds is 3. The molecule has 2 aromatic rings. The molecule has 0 saturated heterocycles. The Morgan fingerprint density at radius 3 is 2.88 bits per heavy atom. The summed E-state index contributed by atoms with van der Waals surface area (Å²) in [5.74, 6) is 0.165. The molecule has 1 heterocycles. The van der Waals surface area contributed by atoms with Gasteiger partial charge in [-0.2, -0.15) is 15.4 Å². The summed E-state index contributed by atoms with van der Waals surface area (Å²) >= 11 is 0. The van der Waals surface area contributed by atoms with Gasteiger partial charge in [-0.05, 0) is 23.6 Å². The van der Waals surface area contributed by atoms with E-state index in [0.29, 0.717) is 5.92 Å². The zero-order valence-corrected chi connectivity index (χ0v) is 9.77. The maximum absolute atomic E-state index is 11.7. The minimum Gasteiger partial charge on any atom is -0.321 e. The van der Waals surface area contributed by atoms with Crippen molar-refractivity contribution in [3.05, 3.63) is 41.7 Å². The average molecular weight is 230 g/mol. The molecule has 0 unspecified atom stereocenters. The molecule has 0 atom stereocenters. The van der Waals surface area contributed by atoms with Gasteiger partial charge in [-0.25, -0.2) is 0 Å². The van der Waals surface area contributed by atoms with Crippen molar-refractivity contribution in [3.8, 4) is 0 Å². The van der Waals surface area contributed by atoms with Crippen molar-refractivity contribution in [3.63, 3.8) is 0 Å². The van der Waals surface area contributed by atoms with E-state index in [1.165, 1.54) is 11.8 Å². The van der Waals surface area contributed by atoms with Crippen LogP contribution in [-0.4, -0.2) is 21.3 Å². The summed E-state index contributed by atoms with van der Waals surface area (Å²) in [6, 6.07) is 7.77. The highest BCUT2D eigenvalue weighted by atomic mass is 16.2. The standard InChI is InChI=1S/C12H14N4O/c1-8(2)9-4-3-5-10(6-9)14-12(17)11-7-13-16-15-11/h3-8H,1-2H3,(H,14,17)(H,13,15,16). The maximum atomic E-state index is 11.7. The van der Waals surface area contributed by atoms with Crippen molar-refractivity contribution < 1.29 is 4.79 Å². The van der Waals surface area contributed by atoms with Crippen molar-refractivity contribution in [2.75, 3.05) is 5.32 Å². The third-order valence-corrected chi connectivity index (χ3v) is 2.46. The number of anilines is 1. The van der Waals surface area contributed by atoms with Crippen LogP contribution in [0.4, 0.5) is 5.69 Å². The second-order valence-corrected chi connectivity index (χ2v) is 4.09. The lowest BCUT2D eigenvalue weighted by atomic mass is 10.0. The van der Waals surface area contributed by atoms with Gasteiger partial charge in [-0.15, -0.1) is 0 Å². The smallest absolute Gasteiger partial charge is 0.277 e. The highest BCUT2D eigenvalue weighted by Crippen LogP contribution is 2.18. The first-order valence-corrected chi connectivity index (χ1v) is 5.44. The van der Waals surface area contributed by atoms with Crippen molar-refractivity contribution in [1.82, 2.24) is 15.4 Å². The Hall–Kier alpha value is -2.17. The molecule has 0 aliphatic heterocycles. The molecule has 2 rings (SSSR count). The number of amides is 1. The van der Waals surface area contributed by atoms with Gasteiger partial charge in [0.1, 0.15) is 0 Å². The van der Waals surface area contributed by atoms with E-state index in [4.69, 9.17) is 0 Å². The van der Waals surface area contributed by atoms with Crippen molar-refractivity contribution in [2.24, 2.45) is 0 Å². The minimum absolute atomic E-state index is 0.264. The molecule has 2 N–H and O–H groups in total. The van der Waals surface area contributed by atoms with Gasteiger partial charge in [0, 0.05) is 5.69 Å². The maximum Gasteiger partial charge on any atom is 0.277 e. The van der Waals surface area contributed by atoms with Crippen LogP contribution < -0.4 is 5.32 Å². The molecule has 17 heavy (non-hydrogen) atoms. The second-order valence-electron chi connectivity index (χ2n) is 4.09. The number of aromatic nitrogens is 3. The van der Waals surface area contributed by atoms with Gasteiger partial charge >= 0.3 is 0 Å². The summed E-state index contributed by atoms with van der Waals surface area (Å²) < 4.78 is 0. The van der Waals surface area contributed by atoms with E-state index < -0.39 is 0 Å². The number of carbonyl (C=O) groups excluding carboxylic acids is 1. The molecule has 0 bridgehead atoms. The highest BCUT2D eigenvalue weighted by Gasteiger charge is 2.09. The molecule has 88 valence electrons. The summed E-state index contributed by atoms with van der Waals surface area (Å²) in [7, 11) is 0. The molecule has 5 nitrogen and oxygen atoms in total. The number of H-pyrrole nitrogens is 1. The van der Waals surface area contributed by atoms with Crippen molar-refractivity contribution >= 4 is 11.6 Å². The van der Waals surface area contributed by atoms with Crippen LogP contribution in [0.25, 0.3) is 0 Å². The van der Waals surface area contributed by atoms with Crippen molar-refractivity contribution in [2.45, 2.75) is 19.8 Å². The molecule has 1 aromatic carbocycles. The lowest BCUT2D eigenvalue weighted by molar-refractivity contribution is 0.102. The molecule has 0 aliphatic rings. The Bertz CT molecular complexity index is 505. The van der Waals surface area contributed by atoms with Gasteiger partial charge in [0.2, 0.25) is 0 Å². The number of carbonyl (C=O) groups is 1. The minimum atomic E-state index is -0.264. The summed E-state index contributed by atoms with van der Waals surface area (Å²) in [4.78, 5) is 11.7. The summed E-state index contributed by atoms with van der Waals surface area (Å²) in [6.07, 6.45) is 1.39. The molecule has 0 radical (unpaired) electrons. The lowest BCUT2D eigenvalue weighted by Gasteiger charge is -2.08. The Balaban J connectivity index is 2.14. The number of nitrogens with zero attached hydrogens (tertiary/aromatic N) is 2. The van der Waals surface area contributed by atoms with Crippen LogP contribution >= 0.6 is 0 Å². The van der Waals surface area contributed by atoms with Crippen molar-refractivity contribution in [1.29, 1.82) is 0 Å². The Morgan fingerprint density at radius 2 is 2.24 bits per heavy atom. The number of hydrogen-bond acceptors (Lipinski definition) is 3. The van der Waals surface area contributed by atoms with Gasteiger partial charge < -0.3 is 5.32 Å². The van der Waals surface area contributed by atoms with Crippen LogP contribution in [0.15, 0.2) is 30.5 Å². The monoisotopic (exact) mass is 230 g/mol. The van der Waals surface area contributed by atoms with Gasteiger partial charge in [0.15, 0.2) is 5.69 Å². The van der Waals surface area contributed by atoms with E-state index in [2.05, 4.69) is 34.6 Å². The molecule has 5 heteroatoms. The number of aromatic amines is 1. The van der Waals surface area contributed by atoms with E-state index >= 15 is 0 Å². The van der Waals surface area contributed by atoms with Gasteiger partial charge in [-0.1, -0.05) is 26.0 Å². The third-order valence-electron chi connectivity index (χ3n) is 2.46. The Kier molecular flexibility index (Phi) is 3.18. The molecule has 0 spiro atoms. The van der Waals surface area contributed by atoms with Crippen LogP contribution in [0.1, 0.15) is 35.8 Å². The summed E-state index contributed by atoms with van der Waals surface area (Å²) in [5.41, 5.74) is 2.23. The first kappa shape index (κ1) is 11.3. The largest absolute Gasteiger partial charge is 0.321 e. The van der Waals surface area contributed by atoms with E-state index in [1.54, 1.807) is 0 Å². The molecule has 0 saturated carbocycles. The Labute approximate surface area is 99.2 Å². The number of hydrogen-bond donors (Lipinski definition) is 2. The second kappa shape index (κ2) is 4.78. The molecule has 1 aromatic heterocycles. The molecule has 1 amide bonds. The van der Waals surface area contributed by atoms with E-state index in [-0.39, 0.29) is 11.6 Å². The average Bonchev–Trinajstić information content (AvgIpc) is 2.82. The third kappa shape index (κ3) is 2.69. The zero-order valence-electron chi connectivity index (χ0n) is 9.77. The molecule has 0 fully saturated rings. The Morgan fingerprint density at radius 1 is 1.41 bits per heavy atom. The van der Waals surface area contributed by atoms with E-state index in [9.17, 15) is 4.79 Å². The van der Waals surface area contributed by atoms with Gasteiger partial charge in [0.25, 0.3) is 5.91 Å². The topological polar surface area (TPSA) is 70.7 Å². The summed E-state index contributed by atoms with van der Waals surface area (Å²) in [5, 5.41) is 12.5. The molecular formula is C12H14N4O. The first-order valence-electron chi connectivity index (χ1n) is 5.44. The SMILES string of the molecule is CC(C)c1cccc(NC(=O)c2cn[nH]n2)c1. The van der Waals surface area contributed by atoms with E-state index in [0.717, 1.165) is 5.69 Å². The van der Waals surface area contributed by atoms with Gasteiger partial charge in [-0.3, -0.25) is 4.79 Å². The predicted molar refractivity (Wildman–Crippen MR) is 64.9 cm³/mol. The molecular weight excluding hydrogens is 216 g/mol. The summed E-state index contributed by atoms with van der Waals surface area (Å²) in [6.45, 7) is 4.22. The van der Waals surface area contributed by atoms with E-state index in [1.807, 2.05) is 24.3 Å².